The number of aliphatic hydroxyl groups excluding tert-OH is 1. The summed E-state index contributed by atoms with van der Waals surface area (Å²) in [6.45, 7) is 0. The fourth-order valence-corrected chi connectivity index (χ4v) is 1.25. The molecule has 3 N–H and O–H groups in total. The van der Waals surface area contributed by atoms with Crippen LogP contribution < -0.4 is 4.74 Å². The van der Waals surface area contributed by atoms with Crippen LogP contribution in [0.3, 0.4) is 0 Å². The fourth-order valence-electron chi connectivity index (χ4n) is 1.25. The molecule has 0 spiro atoms. The Morgan fingerprint density at radius 3 is 2.73 bits per heavy atom. The van der Waals surface area contributed by atoms with Gasteiger partial charge < -0.3 is 20.1 Å². The molecule has 15 heavy (non-hydrogen) atoms. The smallest absolute Gasteiger partial charge is 0.306 e. The number of hydrogen-bond donors (Lipinski definition) is 3. The lowest BCUT2D eigenvalue weighted by Crippen LogP contribution is -2.05. The Balaban J connectivity index is 2.98. The molecule has 0 saturated carbocycles. The number of phenols is 1. The minimum Gasteiger partial charge on any atom is -0.504 e. The third kappa shape index (κ3) is 2.60. The van der Waals surface area contributed by atoms with Crippen molar-refractivity contribution in [2.24, 2.45) is 0 Å². The number of aromatic hydroxyl groups is 1. The largest absolute Gasteiger partial charge is 0.504 e. The second-order valence-electron chi connectivity index (χ2n) is 3.01. The number of rotatable bonds is 4. The molecule has 0 aliphatic rings. The molecule has 1 atom stereocenters. The highest BCUT2D eigenvalue weighted by atomic mass is 16.5. The lowest BCUT2D eigenvalue weighted by atomic mass is 10.1. The number of ether oxygens (including phenoxy) is 1. The van der Waals surface area contributed by atoms with Crippen LogP contribution in [0.1, 0.15) is 18.1 Å². The molecule has 1 aromatic rings. The molecule has 0 saturated heterocycles. The number of hydrogen-bond acceptors (Lipinski definition) is 4. The molecule has 0 bridgehead atoms. The summed E-state index contributed by atoms with van der Waals surface area (Å²) in [5, 5.41) is 27.6. The predicted octanol–water partition coefficient (Wildman–Crippen LogP) is 0.909. The number of benzene rings is 1. The first-order valence-electron chi connectivity index (χ1n) is 4.32. The molecular formula is C10H12O5. The summed E-state index contributed by atoms with van der Waals surface area (Å²) in [6, 6.07) is 4.54. The maximum Gasteiger partial charge on any atom is 0.306 e. The van der Waals surface area contributed by atoms with Crippen LogP contribution in [0.5, 0.6) is 11.5 Å². The fraction of sp³-hybridized carbons (Fsp3) is 0.300. The lowest BCUT2D eigenvalue weighted by molar-refractivity contribution is -0.139. The first-order chi connectivity index (χ1) is 7.06. The predicted molar refractivity (Wildman–Crippen MR) is 51.9 cm³/mol. The van der Waals surface area contributed by atoms with E-state index < -0.39 is 18.5 Å². The number of para-hydroxylation sites is 1. The van der Waals surface area contributed by atoms with Gasteiger partial charge in [-0.3, -0.25) is 4.79 Å². The third-order valence-corrected chi connectivity index (χ3v) is 1.98. The highest BCUT2D eigenvalue weighted by molar-refractivity contribution is 5.68. The molecule has 1 unspecified atom stereocenters. The number of carbonyl (C=O) groups is 1. The standard InChI is InChI=1S/C10H12O5/c1-15-8-4-2-3-6(10(8)14)7(11)5-9(12)13/h2-4,7,11,14H,5H2,1H3,(H,12,13). The van der Waals surface area contributed by atoms with Gasteiger partial charge in [0.05, 0.1) is 19.6 Å². The molecule has 1 aromatic carbocycles. The Hall–Kier alpha value is -1.75. The van der Waals surface area contributed by atoms with E-state index in [2.05, 4.69) is 0 Å². The number of methoxy groups -OCH3 is 1. The minimum atomic E-state index is -1.24. The highest BCUT2D eigenvalue weighted by Crippen LogP contribution is 2.34. The van der Waals surface area contributed by atoms with Crippen LogP contribution >= 0.6 is 0 Å². The van der Waals surface area contributed by atoms with Crippen LogP contribution in [0.15, 0.2) is 18.2 Å². The summed E-state index contributed by atoms with van der Waals surface area (Å²) in [7, 11) is 1.38. The van der Waals surface area contributed by atoms with Gasteiger partial charge in [0.15, 0.2) is 11.5 Å². The molecule has 0 aliphatic heterocycles. The molecule has 0 heterocycles. The van der Waals surface area contributed by atoms with Crippen LogP contribution in [0, 0.1) is 0 Å². The Bertz CT molecular complexity index is 361. The van der Waals surface area contributed by atoms with Crippen LogP contribution in [-0.4, -0.2) is 28.4 Å². The van der Waals surface area contributed by atoms with E-state index in [4.69, 9.17) is 9.84 Å². The van der Waals surface area contributed by atoms with E-state index in [-0.39, 0.29) is 17.1 Å². The van der Waals surface area contributed by atoms with Crippen molar-refractivity contribution in [2.75, 3.05) is 7.11 Å². The zero-order valence-corrected chi connectivity index (χ0v) is 8.17. The summed E-state index contributed by atoms with van der Waals surface area (Å²) in [5.41, 5.74) is 0.150. The van der Waals surface area contributed by atoms with Crippen molar-refractivity contribution >= 4 is 5.97 Å². The van der Waals surface area contributed by atoms with Gasteiger partial charge in [-0.1, -0.05) is 12.1 Å². The molecule has 82 valence electrons. The van der Waals surface area contributed by atoms with E-state index in [0.29, 0.717) is 0 Å². The molecule has 0 amide bonds. The van der Waals surface area contributed by atoms with Gasteiger partial charge in [0.2, 0.25) is 0 Å². The van der Waals surface area contributed by atoms with Crippen molar-refractivity contribution in [1.29, 1.82) is 0 Å². The average Bonchev–Trinajstić information content (AvgIpc) is 2.17. The van der Waals surface area contributed by atoms with Crippen LogP contribution in [-0.2, 0) is 4.79 Å². The Kier molecular flexibility index (Phi) is 3.51. The van der Waals surface area contributed by atoms with Gasteiger partial charge in [-0.15, -0.1) is 0 Å². The second kappa shape index (κ2) is 4.65. The zero-order chi connectivity index (χ0) is 11.4. The van der Waals surface area contributed by atoms with Crippen molar-refractivity contribution in [3.63, 3.8) is 0 Å². The Morgan fingerprint density at radius 2 is 2.20 bits per heavy atom. The molecule has 0 aliphatic carbocycles. The van der Waals surface area contributed by atoms with Crippen molar-refractivity contribution in [3.05, 3.63) is 23.8 Å². The van der Waals surface area contributed by atoms with E-state index in [9.17, 15) is 15.0 Å². The summed E-state index contributed by atoms with van der Waals surface area (Å²) in [5.74, 6) is -1.16. The monoisotopic (exact) mass is 212 g/mol. The van der Waals surface area contributed by atoms with E-state index in [1.807, 2.05) is 0 Å². The second-order valence-corrected chi connectivity index (χ2v) is 3.01. The van der Waals surface area contributed by atoms with Crippen molar-refractivity contribution in [2.45, 2.75) is 12.5 Å². The van der Waals surface area contributed by atoms with Gasteiger partial charge in [0.1, 0.15) is 0 Å². The number of aliphatic carboxylic acids is 1. The van der Waals surface area contributed by atoms with Crippen LogP contribution in [0.4, 0.5) is 0 Å². The van der Waals surface area contributed by atoms with Crippen molar-refractivity contribution in [1.82, 2.24) is 0 Å². The molecule has 5 nitrogen and oxygen atoms in total. The third-order valence-electron chi connectivity index (χ3n) is 1.98. The molecule has 0 fully saturated rings. The molecule has 1 rings (SSSR count). The Morgan fingerprint density at radius 1 is 1.53 bits per heavy atom. The van der Waals surface area contributed by atoms with Gasteiger partial charge in [0, 0.05) is 5.56 Å². The number of phenolic OH excluding ortho intramolecular Hbond substituents is 1. The number of carboxylic acid groups (broad SMARTS) is 1. The van der Waals surface area contributed by atoms with E-state index in [1.165, 1.54) is 19.2 Å². The van der Waals surface area contributed by atoms with Gasteiger partial charge in [0.25, 0.3) is 0 Å². The normalized spacial score (nSPS) is 12.1. The van der Waals surface area contributed by atoms with Gasteiger partial charge in [-0.05, 0) is 6.07 Å². The topological polar surface area (TPSA) is 87.0 Å². The number of aliphatic hydroxyl groups is 1. The maximum atomic E-state index is 10.4. The van der Waals surface area contributed by atoms with Gasteiger partial charge >= 0.3 is 5.97 Å². The molecular weight excluding hydrogens is 200 g/mol. The highest BCUT2D eigenvalue weighted by Gasteiger charge is 2.17. The van der Waals surface area contributed by atoms with E-state index >= 15 is 0 Å². The summed E-state index contributed by atoms with van der Waals surface area (Å²) >= 11 is 0. The molecule has 0 aromatic heterocycles. The Labute approximate surface area is 86.5 Å². The zero-order valence-electron chi connectivity index (χ0n) is 8.17. The summed E-state index contributed by atoms with van der Waals surface area (Å²) in [4.78, 5) is 10.4. The summed E-state index contributed by atoms with van der Waals surface area (Å²) < 4.78 is 4.83. The molecule has 0 radical (unpaired) electrons. The summed E-state index contributed by atoms with van der Waals surface area (Å²) in [6.07, 6.45) is -1.70. The first kappa shape index (κ1) is 11.3. The maximum absolute atomic E-state index is 10.4. The number of carboxylic acids is 1. The first-order valence-corrected chi connectivity index (χ1v) is 4.32. The average molecular weight is 212 g/mol. The van der Waals surface area contributed by atoms with E-state index in [0.717, 1.165) is 0 Å². The molecule has 5 heteroatoms. The van der Waals surface area contributed by atoms with Gasteiger partial charge in [-0.2, -0.15) is 0 Å². The van der Waals surface area contributed by atoms with Gasteiger partial charge in [-0.25, -0.2) is 0 Å². The lowest BCUT2D eigenvalue weighted by Gasteiger charge is -2.12. The minimum absolute atomic E-state index is 0.150. The van der Waals surface area contributed by atoms with Crippen molar-refractivity contribution in [3.8, 4) is 11.5 Å². The quantitative estimate of drug-likeness (QED) is 0.690. The van der Waals surface area contributed by atoms with Crippen LogP contribution in [0.25, 0.3) is 0 Å². The van der Waals surface area contributed by atoms with E-state index in [1.54, 1.807) is 6.07 Å². The van der Waals surface area contributed by atoms with Crippen molar-refractivity contribution < 1.29 is 24.9 Å². The SMILES string of the molecule is COc1cccc(C(O)CC(=O)O)c1O. The van der Waals surface area contributed by atoms with Crippen LogP contribution in [0.2, 0.25) is 0 Å².